The van der Waals surface area contributed by atoms with Gasteiger partial charge in [-0.3, -0.25) is 4.90 Å². The van der Waals surface area contributed by atoms with E-state index in [0.717, 1.165) is 26.2 Å². The summed E-state index contributed by atoms with van der Waals surface area (Å²) in [4.78, 5) is 2.66. The van der Waals surface area contributed by atoms with Gasteiger partial charge in [0.15, 0.2) is 0 Å². The summed E-state index contributed by atoms with van der Waals surface area (Å²) in [6.07, 6.45) is 2.49. The first-order valence-electron chi connectivity index (χ1n) is 6.66. The molecule has 2 atom stereocenters. The van der Waals surface area contributed by atoms with Crippen molar-refractivity contribution in [3.05, 3.63) is 0 Å². The molecule has 0 aromatic heterocycles. The van der Waals surface area contributed by atoms with Gasteiger partial charge in [0.25, 0.3) is 0 Å². The van der Waals surface area contributed by atoms with E-state index in [-0.39, 0.29) is 0 Å². The predicted molar refractivity (Wildman–Crippen MR) is 68.8 cm³/mol. The zero-order valence-electron chi connectivity index (χ0n) is 11.3. The van der Waals surface area contributed by atoms with Gasteiger partial charge in [-0.05, 0) is 12.3 Å². The number of ether oxygens (including phenoxy) is 1. The zero-order chi connectivity index (χ0) is 12.0. The molecule has 1 saturated heterocycles. The molecule has 16 heavy (non-hydrogen) atoms. The maximum absolute atomic E-state index is 5.38. The van der Waals surface area contributed by atoms with E-state index >= 15 is 0 Å². The standard InChI is InChI=1S/C13H28N2O/c1-5-6-12(10-16-4)15-8-7-14-9-13(15)11(2)3/h11-14H,5-10H2,1-4H3. The fourth-order valence-electron chi connectivity index (χ4n) is 2.68. The Morgan fingerprint density at radius 2 is 2.19 bits per heavy atom. The second-order valence-corrected chi connectivity index (χ2v) is 5.15. The topological polar surface area (TPSA) is 24.5 Å². The molecule has 0 aromatic carbocycles. The van der Waals surface area contributed by atoms with E-state index < -0.39 is 0 Å². The van der Waals surface area contributed by atoms with Crippen LogP contribution in [0.15, 0.2) is 0 Å². The molecule has 96 valence electrons. The van der Waals surface area contributed by atoms with E-state index in [1.807, 2.05) is 7.11 Å². The SMILES string of the molecule is CCCC(COC)N1CCNCC1C(C)C. The summed E-state index contributed by atoms with van der Waals surface area (Å²) in [6, 6.07) is 1.27. The normalized spacial score (nSPS) is 24.9. The Balaban J connectivity index is 2.62. The summed E-state index contributed by atoms with van der Waals surface area (Å²) < 4.78 is 5.38. The summed E-state index contributed by atoms with van der Waals surface area (Å²) in [5.41, 5.74) is 0. The van der Waals surface area contributed by atoms with E-state index in [1.165, 1.54) is 12.8 Å². The van der Waals surface area contributed by atoms with Gasteiger partial charge in [0.1, 0.15) is 0 Å². The number of methoxy groups -OCH3 is 1. The molecule has 0 aromatic rings. The second kappa shape index (κ2) is 7.25. The van der Waals surface area contributed by atoms with Gasteiger partial charge < -0.3 is 10.1 Å². The predicted octanol–water partition coefficient (Wildman–Crippen LogP) is 1.73. The van der Waals surface area contributed by atoms with Gasteiger partial charge in [-0.25, -0.2) is 0 Å². The number of rotatable bonds is 6. The van der Waals surface area contributed by atoms with Crippen LogP contribution in [0.4, 0.5) is 0 Å². The fraction of sp³-hybridized carbons (Fsp3) is 1.00. The van der Waals surface area contributed by atoms with Gasteiger partial charge in [0, 0.05) is 38.8 Å². The van der Waals surface area contributed by atoms with Crippen LogP contribution in [0.1, 0.15) is 33.6 Å². The van der Waals surface area contributed by atoms with Crippen molar-refractivity contribution < 1.29 is 4.74 Å². The Labute approximate surface area is 101 Å². The Morgan fingerprint density at radius 1 is 1.44 bits per heavy atom. The van der Waals surface area contributed by atoms with Crippen LogP contribution in [-0.2, 0) is 4.74 Å². The number of hydrogen-bond donors (Lipinski definition) is 1. The van der Waals surface area contributed by atoms with Gasteiger partial charge in [0.2, 0.25) is 0 Å². The molecule has 1 N–H and O–H groups in total. The van der Waals surface area contributed by atoms with E-state index in [0.29, 0.717) is 18.0 Å². The Hall–Kier alpha value is -0.120. The van der Waals surface area contributed by atoms with Gasteiger partial charge in [-0.1, -0.05) is 27.2 Å². The monoisotopic (exact) mass is 228 g/mol. The molecule has 0 aliphatic carbocycles. The van der Waals surface area contributed by atoms with Crippen molar-refractivity contribution in [3.8, 4) is 0 Å². The summed E-state index contributed by atoms with van der Waals surface area (Å²) in [6.45, 7) is 11.2. The van der Waals surface area contributed by atoms with Crippen LogP contribution >= 0.6 is 0 Å². The van der Waals surface area contributed by atoms with E-state index in [4.69, 9.17) is 4.74 Å². The molecule has 3 nitrogen and oxygen atoms in total. The van der Waals surface area contributed by atoms with Crippen molar-refractivity contribution in [1.29, 1.82) is 0 Å². The van der Waals surface area contributed by atoms with Crippen molar-refractivity contribution in [1.82, 2.24) is 10.2 Å². The van der Waals surface area contributed by atoms with E-state index in [2.05, 4.69) is 31.0 Å². The molecule has 1 heterocycles. The molecule has 0 radical (unpaired) electrons. The van der Waals surface area contributed by atoms with Gasteiger partial charge in [-0.2, -0.15) is 0 Å². The highest BCUT2D eigenvalue weighted by atomic mass is 16.5. The lowest BCUT2D eigenvalue weighted by Gasteiger charge is -2.43. The van der Waals surface area contributed by atoms with Crippen LogP contribution in [0.25, 0.3) is 0 Å². The Kier molecular flexibility index (Phi) is 6.32. The van der Waals surface area contributed by atoms with E-state index in [9.17, 15) is 0 Å². The second-order valence-electron chi connectivity index (χ2n) is 5.15. The highest BCUT2D eigenvalue weighted by Crippen LogP contribution is 2.19. The van der Waals surface area contributed by atoms with E-state index in [1.54, 1.807) is 0 Å². The van der Waals surface area contributed by atoms with Crippen LogP contribution in [-0.4, -0.2) is 50.3 Å². The molecule has 2 unspecified atom stereocenters. The number of nitrogens with one attached hydrogen (secondary N) is 1. The van der Waals surface area contributed by atoms with Crippen LogP contribution in [0.3, 0.4) is 0 Å². The minimum Gasteiger partial charge on any atom is -0.383 e. The summed E-state index contributed by atoms with van der Waals surface area (Å²) in [5, 5.41) is 3.50. The third-order valence-electron chi connectivity index (χ3n) is 3.55. The molecule has 1 aliphatic rings. The third-order valence-corrected chi connectivity index (χ3v) is 3.55. The van der Waals surface area contributed by atoms with Crippen molar-refractivity contribution in [2.24, 2.45) is 5.92 Å². The van der Waals surface area contributed by atoms with Gasteiger partial charge >= 0.3 is 0 Å². The first kappa shape index (κ1) is 13.9. The molecule has 3 heteroatoms. The van der Waals surface area contributed by atoms with Crippen LogP contribution in [0.2, 0.25) is 0 Å². The maximum atomic E-state index is 5.38. The van der Waals surface area contributed by atoms with Crippen LogP contribution in [0, 0.1) is 5.92 Å². The highest BCUT2D eigenvalue weighted by Gasteiger charge is 2.29. The molecule has 0 amide bonds. The van der Waals surface area contributed by atoms with Crippen LogP contribution in [0.5, 0.6) is 0 Å². The molecular weight excluding hydrogens is 200 g/mol. The third kappa shape index (κ3) is 3.72. The lowest BCUT2D eigenvalue weighted by Crippen LogP contribution is -2.58. The number of nitrogens with zero attached hydrogens (tertiary/aromatic N) is 1. The summed E-state index contributed by atoms with van der Waals surface area (Å²) in [7, 11) is 1.81. The Bertz CT molecular complexity index is 179. The summed E-state index contributed by atoms with van der Waals surface area (Å²) in [5.74, 6) is 0.712. The highest BCUT2D eigenvalue weighted by molar-refractivity contribution is 4.86. The number of piperazine rings is 1. The van der Waals surface area contributed by atoms with Crippen molar-refractivity contribution in [2.75, 3.05) is 33.4 Å². The molecular formula is C13H28N2O. The van der Waals surface area contributed by atoms with Crippen molar-refractivity contribution >= 4 is 0 Å². The van der Waals surface area contributed by atoms with Gasteiger partial charge in [-0.15, -0.1) is 0 Å². The number of hydrogen-bond acceptors (Lipinski definition) is 3. The maximum Gasteiger partial charge on any atom is 0.0618 e. The molecule has 0 saturated carbocycles. The minimum absolute atomic E-state index is 0.601. The van der Waals surface area contributed by atoms with Crippen LogP contribution < -0.4 is 5.32 Å². The molecule has 1 aliphatic heterocycles. The van der Waals surface area contributed by atoms with Gasteiger partial charge in [0.05, 0.1) is 6.61 Å². The van der Waals surface area contributed by atoms with Crippen molar-refractivity contribution in [3.63, 3.8) is 0 Å². The minimum atomic E-state index is 0.601. The quantitative estimate of drug-likeness (QED) is 0.749. The zero-order valence-corrected chi connectivity index (χ0v) is 11.3. The largest absolute Gasteiger partial charge is 0.383 e. The lowest BCUT2D eigenvalue weighted by molar-refractivity contribution is 0.0263. The average molecular weight is 228 g/mol. The average Bonchev–Trinajstić information content (AvgIpc) is 2.29. The Morgan fingerprint density at radius 3 is 2.75 bits per heavy atom. The summed E-state index contributed by atoms with van der Waals surface area (Å²) >= 11 is 0. The first-order chi connectivity index (χ1) is 7.70. The fourth-order valence-corrected chi connectivity index (χ4v) is 2.68. The molecule has 0 bridgehead atoms. The lowest BCUT2D eigenvalue weighted by atomic mass is 9.97. The first-order valence-corrected chi connectivity index (χ1v) is 6.66. The smallest absolute Gasteiger partial charge is 0.0618 e. The molecule has 1 fully saturated rings. The van der Waals surface area contributed by atoms with Crippen molar-refractivity contribution in [2.45, 2.75) is 45.7 Å². The molecule has 1 rings (SSSR count). The molecule has 0 spiro atoms.